The molecule has 3 nitrogen and oxygen atoms in total. The van der Waals surface area contributed by atoms with E-state index in [4.69, 9.17) is 0 Å². The van der Waals surface area contributed by atoms with Crippen molar-refractivity contribution in [3.63, 3.8) is 0 Å². The van der Waals surface area contributed by atoms with E-state index in [0.717, 1.165) is 31.4 Å². The average Bonchev–Trinajstić information content (AvgIpc) is 2.36. The van der Waals surface area contributed by atoms with Crippen LogP contribution in [0.1, 0.15) is 43.4 Å². The van der Waals surface area contributed by atoms with Crippen LogP contribution in [-0.2, 0) is 17.2 Å². The Morgan fingerprint density at radius 2 is 2.32 bits per heavy atom. The van der Waals surface area contributed by atoms with Crippen LogP contribution in [0.3, 0.4) is 0 Å². The van der Waals surface area contributed by atoms with Gasteiger partial charge < -0.3 is 10.4 Å². The lowest BCUT2D eigenvalue weighted by atomic mass is 9.87. The van der Waals surface area contributed by atoms with Gasteiger partial charge in [0.25, 0.3) is 0 Å². The zero-order valence-corrected chi connectivity index (χ0v) is 12.5. The van der Waals surface area contributed by atoms with E-state index in [1.807, 2.05) is 12.1 Å². The number of aromatic hydroxyl groups is 1. The number of hydrogen-bond donors (Lipinski definition) is 2. The fourth-order valence-corrected chi connectivity index (χ4v) is 3.43. The van der Waals surface area contributed by atoms with Crippen molar-refractivity contribution in [3.8, 4) is 5.75 Å². The molecular weight excluding hydrogens is 258 g/mol. The minimum Gasteiger partial charge on any atom is -0.508 e. The molecule has 0 radical (unpaired) electrons. The van der Waals surface area contributed by atoms with Crippen molar-refractivity contribution in [3.05, 3.63) is 29.3 Å². The van der Waals surface area contributed by atoms with E-state index in [1.165, 1.54) is 11.1 Å². The molecule has 3 atom stereocenters. The van der Waals surface area contributed by atoms with E-state index in [0.29, 0.717) is 17.8 Å². The Hall–Kier alpha value is -0.870. The molecule has 0 bridgehead atoms. The smallest absolute Gasteiger partial charge is 0.115 e. The Labute approximate surface area is 117 Å². The molecule has 0 fully saturated rings. The highest BCUT2D eigenvalue weighted by atomic mass is 32.2. The predicted octanol–water partition coefficient (Wildman–Crippen LogP) is 2.52. The van der Waals surface area contributed by atoms with Crippen molar-refractivity contribution in [2.24, 2.45) is 0 Å². The summed E-state index contributed by atoms with van der Waals surface area (Å²) in [5, 5.41) is 13.2. The van der Waals surface area contributed by atoms with Crippen LogP contribution >= 0.6 is 0 Å². The third kappa shape index (κ3) is 4.05. The second-order valence-electron chi connectivity index (χ2n) is 5.46. The van der Waals surface area contributed by atoms with Crippen LogP contribution in [0.2, 0.25) is 0 Å². The first kappa shape index (κ1) is 14.5. The molecule has 4 heteroatoms. The highest BCUT2D eigenvalue weighted by molar-refractivity contribution is 7.84. The van der Waals surface area contributed by atoms with E-state index in [9.17, 15) is 9.32 Å². The lowest BCUT2D eigenvalue weighted by Gasteiger charge is -2.29. The number of phenols is 1. The summed E-state index contributed by atoms with van der Waals surface area (Å²) in [6, 6.07) is 6.42. The summed E-state index contributed by atoms with van der Waals surface area (Å²) < 4.78 is 11.1. The number of rotatable bonds is 5. The minimum atomic E-state index is -0.714. The molecule has 0 heterocycles. The molecule has 2 N–H and O–H groups in total. The molecule has 1 aromatic rings. The van der Waals surface area contributed by atoms with Gasteiger partial charge in [-0.3, -0.25) is 4.21 Å². The monoisotopic (exact) mass is 281 g/mol. The quantitative estimate of drug-likeness (QED) is 0.872. The van der Waals surface area contributed by atoms with Gasteiger partial charge >= 0.3 is 0 Å². The maximum atomic E-state index is 11.1. The molecule has 0 saturated carbocycles. The van der Waals surface area contributed by atoms with Gasteiger partial charge in [0.1, 0.15) is 5.75 Å². The molecule has 0 amide bonds. The Kier molecular flexibility index (Phi) is 4.99. The van der Waals surface area contributed by atoms with Crippen molar-refractivity contribution < 1.29 is 9.32 Å². The predicted molar refractivity (Wildman–Crippen MR) is 79.9 cm³/mol. The van der Waals surface area contributed by atoms with E-state index in [-0.39, 0.29) is 0 Å². The van der Waals surface area contributed by atoms with Crippen molar-refractivity contribution in [2.75, 3.05) is 12.0 Å². The van der Waals surface area contributed by atoms with Gasteiger partial charge in [-0.25, -0.2) is 0 Å². The van der Waals surface area contributed by atoms with Crippen LogP contribution < -0.4 is 5.32 Å². The molecule has 106 valence electrons. The van der Waals surface area contributed by atoms with E-state index < -0.39 is 10.8 Å². The van der Waals surface area contributed by atoms with Crippen LogP contribution in [0.5, 0.6) is 5.75 Å². The number of phenolic OH excluding ortho intramolecular Hbond substituents is 1. The number of hydrogen-bond acceptors (Lipinski definition) is 3. The van der Waals surface area contributed by atoms with Gasteiger partial charge in [-0.2, -0.15) is 0 Å². The number of fused-ring (bicyclic) bond motifs is 1. The molecule has 0 aromatic heterocycles. The molecule has 3 unspecified atom stereocenters. The number of nitrogens with one attached hydrogen (secondary N) is 1. The van der Waals surface area contributed by atoms with Gasteiger partial charge in [0, 0.05) is 34.9 Å². The molecule has 0 saturated heterocycles. The largest absolute Gasteiger partial charge is 0.508 e. The first-order valence-electron chi connectivity index (χ1n) is 6.94. The summed E-state index contributed by atoms with van der Waals surface area (Å²) in [4.78, 5) is 0. The fraction of sp³-hybridized carbons (Fsp3) is 0.600. The second kappa shape index (κ2) is 6.53. The summed E-state index contributed by atoms with van der Waals surface area (Å²) in [6.45, 7) is 2.15. The van der Waals surface area contributed by atoms with Crippen LogP contribution in [0.25, 0.3) is 0 Å². The first-order chi connectivity index (χ1) is 9.06. The molecule has 1 aromatic carbocycles. The lowest BCUT2D eigenvalue weighted by molar-refractivity contribution is 0.401. The van der Waals surface area contributed by atoms with Gasteiger partial charge in [0.2, 0.25) is 0 Å². The Morgan fingerprint density at radius 1 is 1.53 bits per heavy atom. The molecule has 1 aliphatic carbocycles. The van der Waals surface area contributed by atoms with Crippen LogP contribution in [0.15, 0.2) is 18.2 Å². The number of benzene rings is 1. The standard InChI is InChI=1S/C15H23NO2S/c1-11(8-9-19(2)18)16-15-5-3-4-12-10-13(17)6-7-14(12)15/h6-7,10-11,15-17H,3-5,8-9H2,1-2H3. The van der Waals surface area contributed by atoms with Crippen molar-refractivity contribution in [1.29, 1.82) is 0 Å². The van der Waals surface area contributed by atoms with Crippen LogP contribution in [-0.4, -0.2) is 27.4 Å². The molecule has 2 rings (SSSR count). The molecular formula is C15H23NO2S. The van der Waals surface area contributed by atoms with Gasteiger partial charge in [-0.1, -0.05) is 6.07 Å². The number of aryl methyl sites for hydroxylation is 1. The maximum absolute atomic E-state index is 11.1. The maximum Gasteiger partial charge on any atom is 0.115 e. The summed E-state index contributed by atoms with van der Waals surface area (Å²) in [5.74, 6) is 1.11. The Balaban J connectivity index is 2.01. The van der Waals surface area contributed by atoms with Crippen LogP contribution in [0.4, 0.5) is 0 Å². The first-order valence-corrected chi connectivity index (χ1v) is 8.67. The topological polar surface area (TPSA) is 49.3 Å². The zero-order valence-electron chi connectivity index (χ0n) is 11.7. The zero-order chi connectivity index (χ0) is 13.8. The Bertz CT molecular complexity index is 461. The van der Waals surface area contributed by atoms with E-state index >= 15 is 0 Å². The van der Waals surface area contributed by atoms with Crippen LogP contribution in [0, 0.1) is 0 Å². The molecule has 19 heavy (non-hydrogen) atoms. The van der Waals surface area contributed by atoms with E-state index in [1.54, 1.807) is 12.3 Å². The highest BCUT2D eigenvalue weighted by Gasteiger charge is 2.21. The molecule has 0 spiro atoms. The summed E-state index contributed by atoms with van der Waals surface area (Å²) in [7, 11) is -0.714. The SMILES string of the molecule is CC(CCS(C)=O)NC1CCCc2cc(O)ccc21. The third-order valence-corrected chi connectivity index (χ3v) is 4.58. The summed E-state index contributed by atoms with van der Waals surface area (Å²) in [6.07, 6.45) is 6.03. The Morgan fingerprint density at radius 3 is 3.05 bits per heavy atom. The van der Waals surface area contributed by atoms with Crippen molar-refractivity contribution >= 4 is 10.8 Å². The van der Waals surface area contributed by atoms with Crippen molar-refractivity contribution in [2.45, 2.75) is 44.7 Å². The summed E-state index contributed by atoms with van der Waals surface area (Å²) in [5.41, 5.74) is 2.57. The lowest BCUT2D eigenvalue weighted by Crippen LogP contribution is -2.33. The van der Waals surface area contributed by atoms with Gasteiger partial charge in [0.05, 0.1) is 0 Å². The normalized spacial score (nSPS) is 21.7. The fourth-order valence-electron chi connectivity index (χ4n) is 2.74. The van der Waals surface area contributed by atoms with Gasteiger partial charge in [-0.05, 0) is 55.9 Å². The van der Waals surface area contributed by atoms with Crippen molar-refractivity contribution in [1.82, 2.24) is 5.32 Å². The second-order valence-corrected chi connectivity index (χ2v) is 7.02. The average molecular weight is 281 g/mol. The van der Waals surface area contributed by atoms with Gasteiger partial charge in [-0.15, -0.1) is 0 Å². The van der Waals surface area contributed by atoms with Gasteiger partial charge in [0.15, 0.2) is 0 Å². The molecule has 1 aliphatic rings. The minimum absolute atomic E-state index is 0.355. The molecule has 0 aliphatic heterocycles. The summed E-state index contributed by atoms with van der Waals surface area (Å²) >= 11 is 0. The third-order valence-electron chi connectivity index (χ3n) is 3.76. The van der Waals surface area contributed by atoms with E-state index in [2.05, 4.69) is 12.2 Å². The highest BCUT2D eigenvalue weighted by Crippen LogP contribution is 2.32.